The molecule has 0 radical (unpaired) electrons. The molecular weight excluding hydrogens is 242 g/mol. The number of rotatable bonds is 3. The molecule has 0 saturated carbocycles. The van der Waals surface area contributed by atoms with Crippen LogP contribution in [0.2, 0.25) is 0 Å². The van der Waals surface area contributed by atoms with E-state index >= 15 is 0 Å². The molecule has 1 atom stereocenters. The van der Waals surface area contributed by atoms with Gasteiger partial charge >= 0.3 is 0 Å². The van der Waals surface area contributed by atoms with Gasteiger partial charge in [-0.05, 0) is 24.1 Å². The predicted molar refractivity (Wildman–Crippen MR) is 73.6 cm³/mol. The van der Waals surface area contributed by atoms with Gasteiger partial charge in [0.2, 0.25) is 5.91 Å². The van der Waals surface area contributed by atoms with Crippen molar-refractivity contribution >= 4 is 12.0 Å². The molecule has 1 N–H and O–H groups in total. The van der Waals surface area contributed by atoms with E-state index < -0.39 is 0 Å². The molecule has 0 aliphatic carbocycles. The van der Waals surface area contributed by atoms with Crippen LogP contribution in [0.4, 0.5) is 0 Å². The van der Waals surface area contributed by atoms with Crippen LogP contribution in [0.5, 0.6) is 0 Å². The molecule has 0 spiro atoms. The first-order chi connectivity index (χ1) is 9.20. The Morgan fingerprint density at radius 2 is 2.32 bits per heavy atom. The van der Waals surface area contributed by atoms with E-state index in [2.05, 4.69) is 0 Å². The molecule has 1 aliphatic rings. The van der Waals surface area contributed by atoms with Crippen LogP contribution >= 0.6 is 0 Å². The van der Waals surface area contributed by atoms with Gasteiger partial charge in [-0.2, -0.15) is 0 Å². The van der Waals surface area contributed by atoms with Crippen molar-refractivity contribution < 1.29 is 14.6 Å². The fourth-order valence-electron chi connectivity index (χ4n) is 2.07. The zero-order valence-corrected chi connectivity index (χ0v) is 11.1. The molecule has 1 aliphatic heterocycles. The second-order valence-electron chi connectivity index (χ2n) is 4.65. The highest BCUT2D eigenvalue weighted by atomic mass is 16.5. The summed E-state index contributed by atoms with van der Waals surface area (Å²) in [7, 11) is 0. The van der Waals surface area contributed by atoms with E-state index in [1.807, 2.05) is 37.3 Å². The third-order valence-electron chi connectivity index (χ3n) is 3.25. The Hall–Kier alpha value is -1.65. The van der Waals surface area contributed by atoms with Gasteiger partial charge in [0.25, 0.3) is 0 Å². The van der Waals surface area contributed by atoms with Crippen LogP contribution in [0.15, 0.2) is 30.3 Å². The lowest BCUT2D eigenvalue weighted by Crippen LogP contribution is -2.46. The smallest absolute Gasteiger partial charge is 0.246 e. The van der Waals surface area contributed by atoms with Crippen molar-refractivity contribution in [3.8, 4) is 0 Å². The van der Waals surface area contributed by atoms with E-state index in [0.29, 0.717) is 19.7 Å². The van der Waals surface area contributed by atoms with Gasteiger partial charge in [0.15, 0.2) is 0 Å². The predicted octanol–water partition coefficient (Wildman–Crippen LogP) is 1.23. The second-order valence-corrected chi connectivity index (χ2v) is 4.65. The highest BCUT2D eigenvalue weighted by molar-refractivity contribution is 5.92. The summed E-state index contributed by atoms with van der Waals surface area (Å²) in [5, 5.41) is 9.05. The van der Waals surface area contributed by atoms with Gasteiger partial charge in [0.05, 0.1) is 19.3 Å². The summed E-state index contributed by atoms with van der Waals surface area (Å²) in [5.41, 5.74) is 2.18. The minimum atomic E-state index is -0.260. The number of carbonyl (C=O) groups excluding carboxylic acids is 1. The fraction of sp³-hybridized carbons (Fsp3) is 0.400. The van der Waals surface area contributed by atoms with Crippen LogP contribution in [0.3, 0.4) is 0 Å². The summed E-state index contributed by atoms with van der Waals surface area (Å²) >= 11 is 0. The topological polar surface area (TPSA) is 49.8 Å². The maximum atomic E-state index is 12.0. The van der Waals surface area contributed by atoms with Gasteiger partial charge in [-0.15, -0.1) is 0 Å². The average Bonchev–Trinajstić information content (AvgIpc) is 2.46. The maximum Gasteiger partial charge on any atom is 0.246 e. The minimum absolute atomic E-state index is 0.0370. The number of aryl methyl sites for hydroxylation is 1. The van der Waals surface area contributed by atoms with Crippen molar-refractivity contribution in [2.45, 2.75) is 13.0 Å². The SMILES string of the molecule is Cc1ccccc1/C=C/C(=O)N1CCOC(CO)C1. The Kier molecular flexibility index (Phi) is 4.71. The number of amides is 1. The monoisotopic (exact) mass is 261 g/mol. The van der Waals surface area contributed by atoms with Crippen LogP contribution in [-0.2, 0) is 9.53 Å². The van der Waals surface area contributed by atoms with Gasteiger partial charge < -0.3 is 14.7 Å². The van der Waals surface area contributed by atoms with Crippen molar-refractivity contribution in [1.29, 1.82) is 0 Å². The van der Waals surface area contributed by atoms with Gasteiger partial charge in [0, 0.05) is 19.2 Å². The Balaban J connectivity index is 1.99. The molecule has 1 unspecified atom stereocenters. The summed E-state index contributed by atoms with van der Waals surface area (Å²) < 4.78 is 5.32. The standard InChI is InChI=1S/C15H19NO3/c1-12-4-2-3-5-13(12)6-7-15(18)16-8-9-19-14(10-16)11-17/h2-7,14,17H,8-11H2,1H3/b7-6+. The minimum Gasteiger partial charge on any atom is -0.394 e. The van der Waals surface area contributed by atoms with Crippen LogP contribution in [-0.4, -0.2) is 48.3 Å². The first-order valence-electron chi connectivity index (χ1n) is 6.46. The molecule has 1 fully saturated rings. The van der Waals surface area contributed by atoms with E-state index in [1.165, 1.54) is 0 Å². The number of ether oxygens (including phenoxy) is 1. The quantitative estimate of drug-likeness (QED) is 0.833. The number of aliphatic hydroxyl groups is 1. The molecule has 1 amide bonds. The number of nitrogens with zero attached hydrogens (tertiary/aromatic N) is 1. The Morgan fingerprint density at radius 3 is 3.05 bits per heavy atom. The lowest BCUT2D eigenvalue weighted by atomic mass is 10.1. The fourth-order valence-corrected chi connectivity index (χ4v) is 2.07. The lowest BCUT2D eigenvalue weighted by Gasteiger charge is -2.31. The summed E-state index contributed by atoms with van der Waals surface area (Å²) in [6.45, 7) is 3.47. The van der Waals surface area contributed by atoms with Gasteiger partial charge in [-0.3, -0.25) is 4.79 Å². The van der Waals surface area contributed by atoms with Gasteiger partial charge in [-0.1, -0.05) is 24.3 Å². The Morgan fingerprint density at radius 1 is 1.53 bits per heavy atom. The second kappa shape index (κ2) is 6.50. The molecule has 19 heavy (non-hydrogen) atoms. The molecule has 0 aromatic heterocycles. The van der Waals surface area contributed by atoms with Gasteiger partial charge in [-0.25, -0.2) is 0 Å². The van der Waals surface area contributed by atoms with Crippen LogP contribution in [0.1, 0.15) is 11.1 Å². The third-order valence-corrected chi connectivity index (χ3v) is 3.25. The molecule has 0 bridgehead atoms. The Bertz CT molecular complexity index is 470. The zero-order chi connectivity index (χ0) is 13.7. The summed E-state index contributed by atoms with van der Waals surface area (Å²) in [5.74, 6) is -0.0370. The van der Waals surface area contributed by atoms with E-state index in [0.717, 1.165) is 11.1 Å². The molecule has 1 heterocycles. The molecule has 4 nitrogen and oxygen atoms in total. The normalized spacial score (nSPS) is 19.9. The van der Waals surface area contributed by atoms with Crippen molar-refractivity contribution in [2.24, 2.45) is 0 Å². The number of aliphatic hydroxyl groups excluding tert-OH is 1. The number of hydrogen-bond acceptors (Lipinski definition) is 3. The van der Waals surface area contributed by atoms with Crippen LogP contribution < -0.4 is 0 Å². The number of morpholine rings is 1. The Labute approximate surface area is 113 Å². The van der Waals surface area contributed by atoms with Crippen LogP contribution in [0.25, 0.3) is 6.08 Å². The highest BCUT2D eigenvalue weighted by Gasteiger charge is 2.22. The molecule has 2 rings (SSSR count). The largest absolute Gasteiger partial charge is 0.394 e. The molecule has 1 saturated heterocycles. The van der Waals surface area contributed by atoms with E-state index in [1.54, 1.807) is 11.0 Å². The zero-order valence-electron chi connectivity index (χ0n) is 11.1. The summed E-state index contributed by atoms with van der Waals surface area (Å²) in [4.78, 5) is 13.8. The van der Waals surface area contributed by atoms with E-state index in [9.17, 15) is 4.79 Å². The molecule has 1 aromatic rings. The number of carbonyl (C=O) groups is 1. The van der Waals surface area contributed by atoms with Crippen molar-refractivity contribution in [2.75, 3.05) is 26.3 Å². The molecule has 4 heteroatoms. The summed E-state index contributed by atoms with van der Waals surface area (Å²) in [6.07, 6.45) is 3.16. The molecular formula is C15H19NO3. The third kappa shape index (κ3) is 3.66. The first-order valence-corrected chi connectivity index (χ1v) is 6.46. The van der Waals surface area contributed by atoms with Crippen molar-refractivity contribution in [3.05, 3.63) is 41.5 Å². The number of benzene rings is 1. The van der Waals surface area contributed by atoms with Crippen molar-refractivity contribution in [1.82, 2.24) is 4.90 Å². The highest BCUT2D eigenvalue weighted by Crippen LogP contribution is 2.10. The molecule has 1 aromatic carbocycles. The van der Waals surface area contributed by atoms with Crippen LogP contribution in [0, 0.1) is 6.92 Å². The average molecular weight is 261 g/mol. The summed E-state index contributed by atoms with van der Waals surface area (Å²) in [6, 6.07) is 7.92. The first kappa shape index (κ1) is 13.8. The number of hydrogen-bond donors (Lipinski definition) is 1. The van der Waals surface area contributed by atoms with E-state index in [-0.39, 0.29) is 18.6 Å². The molecule has 102 valence electrons. The van der Waals surface area contributed by atoms with E-state index in [4.69, 9.17) is 9.84 Å². The van der Waals surface area contributed by atoms with Gasteiger partial charge in [0.1, 0.15) is 0 Å². The lowest BCUT2D eigenvalue weighted by molar-refractivity contribution is -0.134. The maximum absolute atomic E-state index is 12.0. The van der Waals surface area contributed by atoms with Crippen molar-refractivity contribution in [3.63, 3.8) is 0 Å².